The maximum absolute atomic E-state index is 11.3. The molecule has 3 nitrogen and oxygen atoms in total. The Morgan fingerprint density at radius 1 is 1.00 bits per heavy atom. The second-order valence-electron chi connectivity index (χ2n) is 4.68. The summed E-state index contributed by atoms with van der Waals surface area (Å²) in [5.41, 5.74) is 1.11. The minimum absolute atomic E-state index is 0. The van der Waals surface area contributed by atoms with Crippen LogP contribution in [0.5, 0.6) is 0 Å². The van der Waals surface area contributed by atoms with Gasteiger partial charge in [0.25, 0.3) is 0 Å². The molecule has 2 aromatic rings. The molecule has 5 heteroatoms. The average Bonchev–Trinajstić information content (AvgIpc) is 2.37. The monoisotopic (exact) mass is 316 g/mol. The van der Waals surface area contributed by atoms with E-state index in [0.717, 1.165) is 36.6 Å². The molecule has 0 atom stereocenters. The topological polar surface area (TPSA) is 57.2 Å². The van der Waals surface area contributed by atoms with Crippen molar-refractivity contribution in [2.24, 2.45) is 0 Å². The summed E-state index contributed by atoms with van der Waals surface area (Å²) >= 11 is 0. The summed E-state index contributed by atoms with van der Waals surface area (Å²) in [6.45, 7) is 2.14. The molecule has 0 unspecified atom stereocenters. The molecule has 0 aliphatic carbocycles. The molecule has 0 saturated heterocycles. The van der Waals surface area contributed by atoms with Crippen molar-refractivity contribution in [3.63, 3.8) is 0 Å². The van der Waals surface area contributed by atoms with Crippen LogP contribution >= 0.6 is 0 Å². The Kier molecular flexibility index (Phi) is 7.35. The second-order valence-corrected chi connectivity index (χ2v) is 6.03. The van der Waals surface area contributed by atoms with Gasteiger partial charge >= 0.3 is 51.4 Å². The fraction of sp³-hybridized carbons (Fsp3) is 0.333. The number of unbranched alkanes of at least 4 members (excludes halogenated alkanes) is 2. The van der Waals surface area contributed by atoms with Crippen LogP contribution in [0.4, 0.5) is 0 Å². The molecule has 2 aromatic carbocycles. The van der Waals surface area contributed by atoms with E-state index in [-0.39, 0.29) is 56.3 Å². The molecule has 0 bridgehead atoms. The summed E-state index contributed by atoms with van der Waals surface area (Å²) in [5.74, 6) is 0. The van der Waals surface area contributed by atoms with E-state index in [1.165, 1.54) is 6.07 Å². The smallest absolute Gasteiger partial charge is 0.744 e. The van der Waals surface area contributed by atoms with E-state index >= 15 is 0 Å². The summed E-state index contributed by atoms with van der Waals surface area (Å²) in [5, 5.41) is 1.40. The van der Waals surface area contributed by atoms with Crippen molar-refractivity contribution < 1.29 is 64.4 Å². The van der Waals surface area contributed by atoms with E-state index in [9.17, 15) is 13.0 Å². The van der Waals surface area contributed by atoms with Crippen LogP contribution in [-0.2, 0) is 16.5 Å². The molecular weight excluding hydrogens is 299 g/mol. The summed E-state index contributed by atoms with van der Waals surface area (Å²) in [6.07, 6.45) is 4.28. The summed E-state index contributed by atoms with van der Waals surface area (Å²) in [4.78, 5) is -0.123. The zero-order chi connectivity index (χ0) is 13.9. The molecule has 0 spiro atoms. The predicted octanol–water partition coefficient (Wildman–Crippen LogP) is 0.481. The molecule has 0 radical (unpaired) electrons. The number of benzene rings is 2. The minimum Gasteiger partial charge on any atom is -0.744 e. The van der Waals surface area contributed by atoms with Crippen molar-refractivity contribution in [3.8, 4) is 0 Å². The molecule has 0 saturated carbocycles. The zero-order valence-corrected chi connectivity index (χ0v) is 15.9. The van der Waals surface area contributed by atoms with Gasteiger partial charge in [0.1, 0.15) is 10.1 Å². The predicted molar refractivity (Wildman–Crippen MR) is 75.1 cm³/mol. The number of fused-ring (bicyclic) bond motifs is 1. The molecule has 0 amide bonds. The molecule has 102 valence electrons. The van der Waals surface area contributed by atoms with E-state index in [1.54, 1.807) is 12.1 Å². The maximum Gasteiger partial charge on any atom is 1.00 e. The van der Waals surface area contributed by atoms with Crippen LogP contribution in [0.25, 0.3) is 10.8 Å². The number of aryl methyl sites for hydroxylation is 1. The fourth-order valence-corrected chi connectivity index (χ4v) is 3.04. The normalized spacial score (nSPS) is 11.3. The second kappa shape index (κ2) is 8.03. The summed E-state index contributed by atoms with van der Waals surface area (Å²) in [6, 6.07) is 10.4. The van der Waals surface area contributed by atoms with Gasteiger partial charge < -0.3 is 4.55 Å². The van der Waals surface area contributed by atoms with Crippen LogP contribution in [0.15, 0.2) is 41.3 Å². The fourth-order valence-electron chi connectivity index (χ4n) is 2.35. The third kappa shape index (κ3) is 4.37. The quantitative estimate of drug-likeness (QED) is 0.458. The Morgan fingerprint density at radius 3 is 2.30 bits per heavy atom. The van der Waals surface area contributed by atoms with Gasteiger partial charge in [-0.3, -0.25) is 0 Å². The van der Waals surface area contributed by atoms with Crippen LogP contribution in [0.3, 0.4) is 0 Å². The number of rotatable bonds is 5. The van der Waals surface area contributed by atoms with Gasteiger partial charge in [-0.25, -0.2) is 8.42 Å². The van der Waals surface area contributed by atoms with Gasteiger partial charge in [0.2, 0.25) is 0 Å². The largest absolute Gasteiger partial charge is 1.00 e. The molecule has 0 N–H and O–H groups in total. The first-order valence-corrected chi connectivity index (χ1v) is 7.91. The van der Waals surface area contributed by atoms with Gasteiger partial charge in [0.05, 0.1) is 4.90 Å². The van der Waals surface area contributed by atoms with Crippen molar-refractivity contribution >= 4 is 20.9 Å². The van der Waals surface area contributed by atoms with E-state index < -0.39 is 10.1 Å². The van der Waals surface area contributed by atoms with Crippen LogP contribution in [-0.4, -0.2) is 13.0 Å². The summed E-state index contributed by atoms with van der Waals surface area (Å²) in [7, 11) is -4.42. The SMILES string of the molecule is CCCCCc1cccc2c(S(=O)(=O)[O-])cccc12.[K+]. The van der Waals surface area contributed by atoms with E-state index in [0.29, 0.717) is 5.39 Å². The van der Waals surface area contributed by atoms with Crippen LogP contribution in [0, 0.1) is 0 Å². The number of hydrogen-bond donors (Lipinski definition) is 0. The van der Waals surface area contributed by atoms with Gasteiger partial charge in [-0.05, 0) is 35.2 Å². The van der Waals surface area contributed by atoms with Gasteiger partial charge in [0, 0.05) is 0 Å². The Balaban J connectivity index is 0.00000200. The molecule has 20 heavy (non-hydrogen) atoms. The Labute approximate surface area is 162 Å². The van der Waals surface area contributed by atoms with Crippen molar-refractivity contribution in [1.29, 1.82) is 0 Å². The van der Waals surface area contributed by atoms with E-state index in [1.807, 2.05) is 18.2 Å². The van der Waals surface area contributed by atoms with Gasteiger partial charge in [-0.2, -0.15) is 0 Å². The van der Waals surface area contributed by atoms with Crippen LogP contribution in [0.1, 0.15) is 31.7 Å². The van der Waals surface area contributed by atoms with Crippen molar-refractivity contribution in [1.82, 2.24) is 0 Å². The summed E-state index contributed by atoms with van der Waals surface area (Å²) < 4.78 is 33.8. The zero-order valence-electron chi connectivity index (χ0n) is 11.9. The standard InChI is InChI=1S/C15H18O3S.K/c1-2-3-4-7-12-8-5-10-14-13(12)9-6-11-15(14)19(16,17)18;/h5-6,8-11H,2-4,7H2,1H3,(H,16,17,18);/q;+1/p-1. The molecular formula is C15H17KO3S. The Bertz CT molecular complexity index is 681. The van der Waals surface area contributed by atoms with Gasteiger partial charge in [0.15, 0.2) is 0 Å². The van der Waals surface area contributed by atoms with Gasteiger partial charge in [-0.15, -0.1) is 0 Å². The first-order chi connectivity index (χ1) is 9.04. The van der Waals surface area contributed by atoms with Crippen molar-refractivity contribution in [2.75, 3.05) is 0 Å². The molecule has 0 heterocycles. The van der Waals surface area contributed by atoms with E-state index in [2.05, 4.69) is 6.92 Å². The minimum atomic E-state index is -4.42. The molecule has 0 aromatic heterocycles. The Morgan fingerprint density at radius 2 is 1.65 bits per heavy atom. The van der Waals surface area contributed by atoms with Crippen molar-refractivity contribution in [2.45, 2.75) is 37.5 Å². The molecule has 0 fully saturated rings. The number of hydrogen-bond acceptors (Lipinski definition) is 3. The molecule has 0 aliphatic rings. The first kappa shape index (κ1) is 18.3. The van der Waals surface area contributed by atoms with Gasteiger partial charge in [-0.1, -0.05) is 50.1 Å². The Hall–Kier alpha value is 0.246. The third-order valence-electron chi connectivity index (χ3n) is 3.29. The average molecular weight is 316 g/mol. The van der Waals surface area contributed by atoms with E-state index in [4.69, 9.17) is 0 Å². The molecule has 2 rings (SSSR count). The van der Waals surface area contributed by atoms with Crippen LogP contribution in [0.2, 0.25) is 0 Å². The third-order valence-corrected chi connectivity index (χ3v) is 4.19. The maximum atomic E-state index is 11.3. The van der Waals surface area contributed by atoms with Crippen LogP contribution < -0.4 is 51.4 Å². The first-order valence-electron chi connectivity index (χ1n) is 6.50. The molecule has 0 aliphatic heterocycles. The van der Waals surface area contributed by atoms with Crippen molar-refractivity contribution in [3.05, 3.63) is 42.0 Å².